The molecule has 0 radical (unpaired) electrons. The third-order valence-corrected chi connectivity index (χ3v) is 6.18. The molecule has 0 amide bonds. The maximum Gasteiger partial charge on any atom is 0.153 e. The average molecular weight is 319 g/mol. The second kappa shape index (κ2) is 4.71. The van der Waals surface area contributed by atoms with E-state index in [1.165, 1.54) is 0 Å². The van der Waals surface area contributed by atoms with Gasteiger partial charge in [-0.3, -0.25) is 0 Å². The van der Waals surface area contributed by atoms with Crippen molar-refractivity contribution in [3.8, 4) is 0 Å². The Balaban J connectivity index is 2.26. The van der Waals surface area contributed by atoms with Crippen molar-refractivity contribution in [3.63, 3.8) is 0 Å². The van der Waals surface area contributed by atoms with Gasteiger partial charge in [0.2, 0.25) is 0 Å². The lowest BCUT2D eigenvalue weighted by molar-refractivity contribution is 0.274. The molecular formula is C12H15BrO3S. The minimum atomic E-state index is -3.07. The van der Waals surface area contributed by atoms with Gasteiger partial charge in [-0.25, -0.2) is 8.42 Å². The molecule has 1 aromatic rings. The first-order chi connectivity index (χ1) is 8.01. The summed E-state index contributed by atoms with van der Waals surface area (Å²) in [5.41, 5.74) is 0.995. The van der Waals surface area contributed by atoms with Crippen molar-refractivity contribution < 1.29 is 13.5 Å². The molecule has 0 bridgehead atoms. The topological polar surface area (TPSA) is 54.4 Å². The van der Waals surface area contributed by atoms with Gasteiger partial charge in [-0.05, 0) is 17.7 Å². The third-order valence-electron chi connectivity index (χ3n) is 3.38. The molecule has 17 heavy (non-hydrogen) atoms. The van der Waals surface area contributed by atoms with Gasteiger partial charge in [0.1, 0.15) is 0 Å². The standard InChI is InChI=1S/C12H15BrO3S/c1-2-17(15,16)12-10(7-14)11(12)8-3-5-9(13)6-4-8/h3-6,10-12,14H,2,7H2,1H3/t10-,11+,12-/m1/s1. The molecule has 0 aromatic heterocycles. The van der Waals surface area contributed by atoms with Gasteiger partial charge in [0.05, 0.1) is 5.25 Å². The maximum absolute atomic E-state index is 11.9. The van der Waals surface area contributed by atoms with Crippen LogP contribution in [0.4, 0.5) is 0 Å². The largest absolute Gasteiger partial charge is 0.396 e. The first-order valence-corrected chi connectivity index (χ1v) is 8.10. The zero-order chi connectivity index (χ0) is 12.6. The summed E-state index contributed by atoms with van der Waals surface area (Å²) in [6.45, 7) is 1.59. The molecule has 3 atom stereocenters. The Morgan fingerprint density at radius 3 is 2.35 bits per heavy atom. The van der Waals surface area contributed by atoms with Crippen molar-refractivity contribution in [1.29, 1.82) is 0 Å². The maximum atomic E-state index is 11.9. The van der Waals surface area contributed by atoms with Crippen molar-refractivity contribution in [1.82, 2.24) is 0 Å². The Morgan fingerprint density at radius 1 is 1.29 bits per heavy atom. The highest BCUT2D eigenvalue weighted by molar-refractivity contribution is 9.10. The minimum Gasteiger partial charge on any atom is -0.396 e. The van der Waals surface area contributed by atoms with Gasteiger partial charge >= 0.3 is 0 Å². The molecule has 1 aliphatic rings. The number of rotatable bonds is 4. The highest BCUT2D eigenvalue weighted by atomic mass is 79.9. The number of halogens is 1. The summed E-state index contributed by atoms with van der Waals surface area (Å²) in [5, 5.41) is 8.84. The van der Waals surface area contributed by atoms with Crippen LogP contribution in [0.15, 0.2) is 28.7 Å². The fourth-order valence-corrected chi connectivity index (χ4v) is 4.52. The summed E-state index contributed by atoms with van der Waals surface area (Å²) >= 11 is 3.35. The number of hydrogen-bond acceptors (Lipinski definition) is 3. The highest BCUT2D eigenvalue weighted by Gasteiger charge is 2.57. The van der Waals surface area contributed by atoms with Crippen molar-refractivity contribution in [2.24, 2.45) is 5.92 Å². The van der Waals surface area contributed by atoms with Gasteiger partial charge in [-0.15, -0.1) is 0 Å². The van der Waals surface area contributed by atoms with E-state index in [1.807, 2.05) is 24.3 Å². The molecule has 0 heterocycles. The van der Waals surface area contributed by atoms with Crippen molar-refractivity contribution in [2.75, 3.05) is 12.4 Å². The summed E-state index contributed by atoms with van der Waals surface area (Å²) in [7, 11) is -3.07. The molecule has 2 rings (SSSR count). The molecule has 3 nitrogen and oxygen atoms in total. The monoisotopic (exact) mass is 318 g/mol. The number of hydrogen-bond donors (Lipinski definition) is 1. The van der Waals surface area contributed by atoms with Crippen molar-refractivity contribution >= 4 is 25.8 Å². The van der Waals surface area contributed by atoms with Gasteiger partial charge in [-0.1, -0.05) is 35.0 Å². The van der Waals surface area contributed by atoms with Crippen LogP contribution in [-0.4, -0.2) is 31.1 Å². The van der Waals surface area contributed by atoms with E-state index in [0.717, 1.165) is 10.0 Å². The summed E-state index contributed by atoms with van der Waals surface area (Å²) in [4.78, 5) is 0. The van der Waals surface area contributed by atoms with Gasteiger partial charge < -0.3 is 5.11 Å². The van der Waals surface area contributed by atoms with E-state index in [-0.39, 0.29) is 24.2 Å². The predicted octanol–water partition coefficient (Wildman–Crippen LogP) is 1.96. The molecule has 1 fully saturated rings. The van der Waals surface area contributed by atoms with Gasteiger partial charge in [0.25, 0.3) is 0 Å². The Hall–Kier alpha value is -0.390. The molecule has 1 aromatic carbocycles. The van der Waals surface area contributed by atoms with E-state index >= 15 is 0 Å². The van der Waals surface area contributed by atoms with Crippen LogP contribution in [0.1, 0.15) is 18.4 Å². The summed E-state index contributed by atoms with van der Waals surface area (Å²) in [6, 6.07) is 7.64. The lowest BCUT2D eigenvalue weighted by Crippen LogP contribution is -2.13. The molecule has 0 aliphatic heterocycles. The second-order valence-corrected chi connectivity index (χ2v) is 7.70. The fraction of sp³-hybridized carbons (Fsp3) is 0.500. The number of sulfone groups is 1. The van der Waals surface area contributed by atoms with E-state index in [1.54, 1.807) is 6.92 Å². The molecule has 0 spiro atoms. The van der Waals surface area contributed by atoms with E-state index in [2.05, 4.69) is 15.9 Å². The van der Waals surface area contributed by atoms with Gasteiger partial charge in [0, 0.05) is 28.7 Å². The quantitative estimate of drug-likeness (QED) is 0.923. The van der Waals surface area contributed by atoms with Crippen LogP contribution in [0.2, 0.25) is 0 Å². The lowest BCUT2D eigenvalue weighted by Gasteiger charge is -2.01. The summed E-state index contributed by atoms with van der Waals surface area (Å²) in [6.07, 6.45) is 0. The molecule has 0 unspecified atom stereocenters. The van der Waals surface area contributed by atoms with Gasteiger partial charge in [-0.2, -0.15) is 0 Å². The third kappa shape index (κ3) is 2.41. The normalized spacial score (nSPS) is 28.1. The van der Waals surface area contributed by atoms with E-state index in [0.29, 0.717) is 0 Å². The number of benzene rings is 1. The predicted molar refractivity (Wildman–Crippen MR) is 70.7 cm³/mol. The first kappa shape index (κ1) is 13.1. The SMILES string of the molecule is CCS(=O)(=O)[C@@H]1[C@H](CO)[C@@H]1c1ccc(Br)cc1. The van der Waals surface area contributed by atoms with E-state index < -0.39 is 15.1 Å². The number of aliphatic hydroxyl groups is 1. The van der Waals surface area contributed by atoms with Crippen LogP contribution in [0.3, 0.4) is 0 Å². The smallest absolute Gasteiger partial charge is 0.153 e. The Morgan fingerprint density at radius 2 is 1.88 bits per heavy atom. The molecule has 1 saturated carbocycles. The van der Waals surface area contributed by atoms with Crippen LogP contribution >= 0.6 is 15.9 Å². The van der Waals surface area contributed by atoms with Crippen molar-refractivity contribution in [2.45, 2.75) is 18.1 Å². The molecule has 0 saturated heterocycles. The Labute approximate surface area is 110 Å². The molecule has 94 valence electrons. The van der Waals surface area contributed by atoms with E-state index in [9.17, 15) is 13.5 Å². The van der Waals surface area contributed by atoms with Crippen LogP contribution in [0.5, 0.6) is 0 Å². The Bertz CT molecular complexity index is 495. The second-order valence-electron chi connectivity index (χ2n) is 4.34. The van der Waals surface area contributed by atoms with Crippen LogP contribution in [0.25, 0.3) is 0 Å². The van der Waals surface area contributed by atoms with Crippen LogP contribution in [-0.2, 0) is 9.84 Å². The minimum absolute atomic E-state index is 0.0435. The zero-order valence-electron chi connectivity index (χ0n) is 9.51. The zero-order valence-corrected chi connectivity index (χ0v) is 11.9. The first-order valence-electron chi connectivity index (χ1n) is 5.59. The summed E-state index contributed by atoms with van der Waals surface area (Å²) < 4.78 is 24.7. The molecular weight excluding hydrogens is 304 g/mol. The van der Waals surface area contributed by atoms with Crippen LogP contribution in [0, 0.1) is 5.92 Å². The Kier molecular flexibility index (Phi) is 3.61. The molecule has 1 aliphatic carbocycles. The van der Waals surface area contributed by atoms with Gasteiger partial charge in [0.15, 0.2) is 9.84 Å². The van der Waals surface area contributed by atoms with E-state index in [4.69, 9.17) is 0 Å². The molecule has 5 heteroatoms. The lowest BCUT2D eigenvalue weighted by atomic mass is 10.1. The highest BCUT2D eigenvalue weighted by Crippen LogP contribution is 2.52. The fourth-order valence-electron chi connectivity index (χ4n) is 2.36. The summed E-state index contributed by atoms with van der Waals surface area (Å²) in [5.74, 6) is -0.0412. The van der Waals surface area contributed by atoms with Crippen LogP contribution < -0.4 is 0 Å². The molecule has 1 N–H and O–H groups in total. The van der Waals surface area contributed by atoms with Crippen molar-refractivity contribution in [3.05, 3.63) is 34.3 Å². The average Bonchev–Trinajstić information content (AvgIpc) is 3.05. The number of aliphatic hydroxyl groups excluding tert-OH is 1.